The van der Waals surface area contributed by atoms with Gasteiger partial charge < -0.3 is 10.3 Å². The number of pyridine rings is 1. The summed E-state index contributed by atoms with van der Waals surface area (Å²) in [6.07, 6.45) is 5.40. The Morgan fingerprint density at radius 1 is 1.33 bits per heavy atom. The van der Waals surface area contributed by atoms with Crippen molar-refractivity contribution in [1.82, 2.24) is 10.1 Å². The Morgan fingerprint density at radius 3 is 2.89 bits per heavy atom. The molecule has 1 aliphatic carbocycles. The summed E-state index contributed by atoms with van der Waals surface area (Å²) in [4.78, 5) is 4.36. The molecular formula is C14H17N3O. The number of nitrogens with zero attached hydrogens (tertiary/aromatic N) is 2. The minimum absolute atomic E-state index is 0.423. The summed E-state index contributed by atoms with van der Waals surface area (Å²) >= 11 is 0. The fourth-order valence-electron chi connectivity index (χ4n) is 2.87. The maximum Gasteiger partial charge on any atom is 0.176 e. The molecule has 0 bridgehead atoms. The lowest BCUT2D eigenvalue weighted by atomic mass is 9.92. The average Bonchev–Trinajstić information content (AvgIpc) is 2.96. The molecule has 4 nitrogen and oxygen atoms in total. The minimum Gasteiger partial charge on any atom is -0.380 e. The SMILES string of the molecule is CC1CCCC1c1onc(N)c1-c1ccccn1. The molecule has 2 unspecified atom stereocenters. The van der Waals surface area contributed by atoms with Crippen LogP contribution in [0.2, 0.25) is 0 Å². The summed E-state index contributed by atoms with van der Waals surface area (Å²) < 4.78 is 5.49. The standard InChI is InChI=1S/C14H17N3O/c1-9-5-4-6-10(9)13-12(14(15)17-18-13)11-7-2-3-8-16-11/h2-3,7-10H,4-6H2,1H3,(H2,15,17). The lowest BCUT2D eigenvalue weighted by Gasteiger charge is -2.13. The Balaban J connectivity index is 2.07. The van der Waals surface area contributed by atoms with E-state index < -0.39 is 0 Å². The predicted octanol–water partition coefficient (Wildman–Crippen LogP) is 3.22. The van der Waals surface area contributed by atoms with E-state index in [0.717, 1.165) is 23.4 Å². The zero-order valence-corrected chi connectivity index (χ0v) is 10.5. The highest BCUT2D eigenvalue weighted by molar-refractivity contribution is 5.73. The van der Waals surface area contributed by atoms with Crippen LogP contribution >= 0.6 is 0 Å². The van der Waals surface area contributed by atoms with Crippen molar-refractivity contribution in [2.75, 3.05) is 5.73 Å². The van der Waals surface area contributed by atoms with Crippen LogP contribution in [0.3, 0.4) is 0 Å². The molecule has 2 heterocycles. The summed E-state index contributed by atoms with van der Waals surface area (Å²) in [6.45, 7) is 2.26. The molecule has 0 aromatic carbocycles. The van der Waals surface area contributed by atoms with Crippen molar-refractivity contribution in [3.05, 3.63) is 30.2 Å². The van der Waals surface area contributed by atoms with Gasteiger partial charge in [-0.25, -0.2) is 0 Å². The van der Waals surface area contributed by atoms with Gasteiger partial charge in [0.1, 0.15) is 0 Å². The van der Waals surface area contributed by atoms with E-state index in [4.69, 9.17) is 10.3 Å². The number of nitrogen functional groups attached to an aromatic ring is 1. The molecule has 3 rings (SSSR count). The highest BCUT2D eigenvalue weighted by atomic mass is 16.5. The Bertz CT molecular complexity index is 535. The van der Waals surface area contributed by atoms with Crippen LogP contribution in [-0.2, 0) is 0 Å². The Morgan fingerprint density at radius 2 is 2.22 bits per heavy atom. The molecule has 4 heteroatoms. The molecule has 2 aromatic rings. The first-order chi connectivity index (χ1) is 8.77. The number of anilines is 1. The molecule has 0 spiro atoms. The number of nitrogens with two attached hydrogens (primary N) is 1. The monoisotopic (exact) mass is 243 g/mol. The van der Waals surface area contributed by atoms with Gasteiger partial charge >= 0.3 is 0 Å². The summed E-state index contributed by atoms with van der Waals surface area (Å²) in [5.74, 6) is 2.41. The molecule has 2 atom stereocenters. The zero-order valence-electron chi connectivity index (χ0n) is 10.5. The van der Waals surface area contributed by atoms with E-state index in [2.05, 4.69) is 17.1 Å². The molecular weight excluding hydrogens is 226 g/mol. The quantitative estimate of drug-likeness (QED) is 0.879. The van der Waals surface area contributed by atoms with Gasteiger partial charge in [0.25, 0.3) is 0 Å². The lowest BCUT2D eigenvalue weighted by Crippen LogP contribution is -2.03. The Hall–Kier alpha value is -1.84. The Kier molecular flexibility index (Phi) is 2.78. The second-order valence-electron chi connectivity index (χ2n) is 5.04. The third-order valence-corrected chi connectivity index (χ3v) is 3.86. The molecule has 1 fully saturated rings. The average molecular weight is 243 g/mol. The molecule has 1 aliphatic rings. The number of hydrogen-bond acceptors (Lipinski definition) is 4. The van der Waals surface area contributed by atoms with Gasteiger partial charge in [-0.05, 0) is 30.9 Å². The smallest absolute Gasteiger partial charge is 0.176 e. The van der Waals surface area contributed by atoms with Crippen LogP contribution in [0.4, 0.5) is 5.82 Å². The minimum atomic E-state index is 0.423. The molecule has 0 radical (unpaired) electrons. The van der Waals surface area contributed by atoms with Crippen LogP contribution in [0.15, 0.2) is 28.9 Å². The lowest BCUT2D eigenvalue weighted by molar-refractivity contribution is 0.341. The van der Waals surface area contributed by atoms with Crippen LogP contribution in [0.1, 0.15) is 37.9 Å². The second-order valence-corrected chi connectivity index (χ2v) is 5.04. The van der Waals surface area contributed by atoms with Crippen molar-refractivity contribution in [3.8, 4) is 11.3 Å². The summed E-state index contributed by atoms with van der Waals surface area (Å²) in [5, 5.41) is 3.93. The van der Waals surface area contributed by atoms with E-state index in [1.54, 1.807) is 6.20 Å². The highest BCUT2D eigenvalue weighted by Gasteiger charge is 2.32. The van der Waals surface area contributed by atoms with Gasteiger partial charge in [-0.3, -0.25) is 4.98 Å². The summed E-state index contributed by atoms with van der Waals surface area (Å²) in [6, 6.07) is 5.80. The van der Waals surface area contributed by atoms with Crippen LogP contribution < -0.4 is 5.73 Å². The van der Waals surface area contributed by atoms with E-state index in [1.807, 2.05) is 18.2 Å². The van der Waals surface area contributed by atoms with Crippen molar-refractivity contribution in [3.63, 3.8) is 0 Å². The van der Waals surface area contributed by atoms with Gasteiger partial charge in [0.15, 0.2) is 11.6 Å². The van der Waals surface area contributed by atoms with Gasteiger partial charge in [0.05, 0.1) is 11.3 Å². The van der Waals surface area contributed by atoms with Gasteiger partial charge in [-0.15, -0.1) is 0 Å². The van der Waals surface area contributed by atoms with Gasteiger partial charge in [-0.1, -0.05) is 24.6 Å². The number of hydrogen-bond donors (Lipinski definition) is 1. The van der Waals surface area contributed by atoms with Crippen LogP contribution in [-0.4, -0.2) is 10.1 Å². The van der Waals surface area contributed by atoms with Crippen molar-refractivity contribution >= 4 is 5.82 Å². The summed E-state index contributed by atoms with van der Waals surface area (Å²) in [5.41, 5.74) is 7.68. The fraction of sp³-hybridized carbons (Fsp3) is 0.429. The van der Waals surface area contributed by atoms with E-state index in [9.17, 15) is 0 Å². The van der Waals surface area contributed by atoms with Crippen molar-refractivity contribution in [2.45, 2.75) is 32.1 Å². The van der Waals surface area contributed by atoms with E-state index in [0.29, 0.717) is 17.7 Å². The van der Waals surface area contributed by atoms with Gasteiger partial charge in [0.2, 0.25) is 0 Å². The first kappa shape index (κ1) is 11.3. The van der Waals surface area contributed by atoms with E-state index in [-0.39, 0.29) is 0 Å². The molecule has 0 saturated heterocycles. The first-order valence-electron chi connectivity index (χ1n) is 6.44. The number of rotatable bonds is 2. The maximum atomic E-state index is 5.94. The molecule has 94 valence electrons. The van der Waals surface area contributed by atoms with Crippen LogP contribution in [0.5, 0.6) is 0 Å². The maximum absolute atomic E-state index is 5.94. The summed E-state index contributed by atoms with van der Waals surface area (Å²) in [7, 11) is 0. The van der Waals surface area contributed by atoms with Gasteiger partial charge in [0, 0.05) is 12.1 Å². The van der Waals surface area contributed by atoms with Crippen LogP contribution in [0.25, 0.3) is 11.3 Å². The van der Waals surface area contributed by atoms with Crippen molar-refractivity contribution in [1.29, 1.82) is 0 Å². The molecule has 2 N–H and O–H groups in total. The number of aromatic nitrogens is 2. The topological polar surface area (TPSA) is 64.9 Å². The van der Waals surface area contributed by atoms with Crippen LogP contribution in [0, 0.1) is 5.92 Å². The van der Waals surface area contributed by atoms with E-state index in [1.165, 1.54) is 12.8 Å². The zero-order chi connectivity index (χ0) is 12.5. The van der Waals surface area contributed by atoms with Crippen molar-refractivity contribution < 1.29 is 4.52 Å². The Labute approximate surface area is 106 Å². The molecule has 18 heavy (non-hydrogen) atoms. The normalized spacial score (nSPS) is 23.4. The molecule has 0 aliphatic heterocycles. The van der Waals surface area contributed by atoms with Gasteiger partial charge in [-0.2, -0.15) is 0 Å². The molecule has 0 amide bonds. The predicted molar refractivity (Wildman–Crippen MR) is 69.9 cm³/mol. The molecule has 2 aromatic heterocycles. The highest BCUT2D eigenvalue weighted by Crippen LogP contribution is 2.44. The van der Waals surface area contributed by atoms with Crippen molar-refractivity contribution in [2.24, 2.45) is 5.92 Å². The largest absolute Gasteiger partial charge is 0.380 e. The third kappa shape index (κ3) is 1.78. The first-order valence-corrected chi connectivity index (χ1v) is 6.44. The fourth-order valence-corrected chi connectivity index (χ4v) is 2.87. The molecule has 1 saturated carbocycles. The third-order valence-electron chi connectivity index (χ3n) is 3.86. The second kappa shape index (κ2) is 4.44. The van der Waals surface area contributed by atoms with E-state index >= 15 is 0 Å².